The monoisotopic (exact) mass is 450 g/mol. The third-order valence-electron chi connectivity index (χ3n) is 5.30. The molecule has 0 spiro atoms. The van der Waals surface area contributed by atoms with Crippen LogP contribution in [0.15, 0.2) is 84.9 Å². The van der Waals surface area contributed by atoms with Gasteiger partial charge in [0.05, 0.1) is 22.1 Å². The van der Waals surface area contributed by atoms with Crippen molar-refractivity contribution in [2.75, 3.05) is 0 Å². The average molecular weight is 450 g/mol. The highest BCUT2D eigenvalue weighted by Gasteiger charge is 2.13. The summed E-state index contributed by atoms with van der Waals surface area (Å²) in [5.74, 6) is -0.473. The minimum Gasteiger partial charge on any atom is -0.488 e. The molecule has 0 aliphatic heterocycles. The van der Waals surface area contributed by atoms with E-state index < -0.39 is 10.9 Å². The van der Waals surface area contributed by atoms with E-state index in [1.54, 1.807) is 30.3 Å². The molecule has 0 unspecified atom stereocenters. The van der Waals surface area contributed by atoms with Gasteiger partial charge in [0.25, 0.3) is 5.69 Å². The SMILES string of the molecule is N#C/C(=C/c1c(OCc2ccc(C(=O)O)cc2)ccc2ccccc12)c1cccc([N+](=O)[O-])c1. The predicted molar refractivity (Wildman–Crippen MR) is 128 cm³/mol. The molecule has 7 heteroatoms. The molecule has 0 fully saturated rings. The number of nitro groups is 1. The Morgan fingerprint density at radius 1 is 1.00 bits per heavy atom. The van der Waals surface area contributed by atoms with Gasteiger partial charge < -0.3 is 9.84 Å². The first-order chi connectivity index (χ1) is 16.5. The summed E-state index contributed by atoms with van der Waals surface area (Å²) < 4.78 is 6.07. The highest BCUT2D eigenvalue weighted by Crippen LogP contribution is 2.33. The van der Waals surface area contributed by atoms with Crippen molar-refractivity contribution in [1.82, 2.24) is 0 Å². The van der Waals surface area contributed by atoms with Crippen molar-refractivity contribution in [3.05, 3.63) is 117 Å². The number of carboxylic acid groups (broad SMARTS) is 1. The van der Waals surface area contributed by atoms with E-state index in [9.17, 15) is 20.2 Å². The normalized spacial score (nSPS) is 11.1. The molecule has 7 nitrogen and oxygen atoms in total. The number of allylic oxidation sites excluding steroid dienone is 1. The highest BCUT2D eigenvalue weighted by molar-refractivity contribution is 6.00. The van der Waals surface area contributed by atoms with Crippen LogP contribution in [0.25, 0.3) is 22.4 Å². The second-order valence-electron chi connectivity index (χ2n) is 7.47. The standard InChI is InChI=1S/C27H18N2O5/c28-16-22(21-5-3-6-23(14-21)29(32)33)15-25-24-7-2-1-4-19(24)12-13-26(25)34-17-18-8-10-20(11-9-18)27(30)31/h1-15H,17H2,(H,30,31)/b22-15-. The Balaban J connectivity index is 1.75. The third kappa shape index (κ3) is 4.76. The number of hydrogen-bond donors (Lipinski definition) is 1. The smallest absolute Gasteiger partial charge is 0.335 e. The fraction of sp³-hybridized carbons (Fsp3) is 0.0370. The van der Waals surface area contributed by atoms with Gasteiger partial charge in [-0.25, -0.2) is 4.79 Å². The number of carbonyl (C=O) groups is 1. The lowest BCUT2D eigenvalue weighted by Gasteiger charge is -2.13. The molecular weight excluding hydrogens is 432 g/mol. The van der Waals surface area contributed by atoms with Gasteiger partial charge in [-0.3, -0.25) is 10.1 Å². The van der Waals surface area contributed by atoms with E-state index in [1.807, 2.05) is 36.4 Å². The van der Waals surface area contributed by atoms with E-state index in [0.717, 1.165) is 16.3 Å². The van der Waals surface area contributed by atoms with Gasteiger partial charge in [-0.15, -0.1) is 0 Å². The quantitative estimate of drug-likeness (QED) is 0.158. The number of hydrogen-bond acceptors (Lipinski definition) is 5. The van der Waals surface area contributed by atoms with E-state index in [-0.39, 0.29) is 23.4 Å². The fourth-order valence-corrected chi connectivity index (χ4v) is 3.57. The van der Waals surface area contributed by atoms with Crippen molar-refractivity contribution < 1.29 is 19.6 Å². The van der Waals surface area contributed by atoms with E-state index >= 15 is 0 Å². The number of carboxylic acids is 1. The molecule has 0 aliphatic carbocycles. The van der Waals surface area contributed by atoms with Crippen LogP contribution in [0.5, 0.6) is 5.75 Å². The maximum Gasteiger partial charge on any atom is 0.335 e. The minimum absolute atomic E-state index is 0.0992. The minimum atomic E-state index is -1.00. The number of non-ortho nitro benzene ring substituents is 1. The van der Waals surface area contributed by atoms with Crippen molar-refractivity contribution >= 4 is 34.1 Å². The summed E-state index contributed by atoms with van der Waals surface area (Å²) in [6, 6.07) is 25.8. The van der Waals surface area contributed by atoms with Crippen LogP contribution in [-0.2, 0) is 6.61 Å². The largest absolute Gasteiger partial charge is 0.488 e. The number of rotatable bonds is 7. The lowest BCUT2D eigenvalue weighted by atomic mass is 9.98. The van der Waals surface area contributed by atoms with Gasteiger partial charge in [-0.2, -0.15) is 5.26 Å². The van der Waals surface area contributed by atoms with E-state index in [0.29, 0.717) is 16.9 Å². The zero-order valence-electron chi connectivity index (χ0n) is 17.8. The third-order valence-corrected chi connectivity index (χ3v) is 5.30. The van der Waals surface area contributed by atoms with E-state index in [1.165, 1.54) is 24.3 Å². The molecule has 34 heavy (non-hydrogen) atoms. The summed E-state index contributed by atoms with van der Waals surface area (Å²) in [6.07, 6.45) is 1.67. The Kier molecular flexibility index (Phi) is 6.33. The van der Waals surface area contributed by atoms with Crippen molar-refractivity contribution in [1.29, 1.82) is 5.26 Å². The van der Waals surface area contributed by atoms with Gasteiger partial charge in [0.15, 0.2) is 0 Å². The van der Waals surface area contributed by atoms with Crippen molar-refractivity contribution in [3.8, 4) is 11.8 Å². The first-order valence-electron chi connectivity index (χ1n) is 10.3. The summed E-state index contributed by atoms with van der Waals surface area (Å²) in [4.78, 5) is 21.7. The molecule has 4 rings (SSSR count). The number of nitriles is 1. The van der Waals surface area contributed by atoms with Gasteiger partial charge >= 0.3 is 5.97 Å². The summed E-state index contributed by atoms with van der Waals surface area (Å²) in [6.45, 7) is 0.192. The van der Waals surface area contributed by atoms with Crippen molar-refractivity contribution in [3.63, 3.8) is 0 Å². The molecule has 166 valence electrons. The van der Waals surface area contributed by atoms with Gasteiger partial charge in [0, 0.05) is 17.7 Å². The Hall–Kier alpha value is -4.96. The summed E-state index contributed by atoms with van der Waals surface area (Å²) >= 11 is 0. The zero-order chi connectivity index (χ0) is 24.1. The fourth-order valence-electron chi connectivity index (χ4n) is 3.57. The van der Waals surface area contributed by atoms with Crippen LogP contribution in [0.2, 0.25) is 0 Å². The first kappa shape index (κ1) is 22.2. The van der Waals surface area contributed by atoms with Crippen LogP contribution in [-0.4, -0.2) is 16.0 Å². The first-order valence-corrected chi connectivity index (χ1v) is 10.3. The Morgan fingerprint density at radius 2 is 1.76 bits per heavy atom. The van der Waals surface area contributed by atoms with Crippen LogP contribution < -0.4 is 4.74 Å². The molecule has 0 atom stereocenters. The van der Waals surface area contributed by atoms with Crippen LogP contribution in [0.1, 0.15) is 27.0 Å². The molecule has 0 aromatic heterocycles. The lowest BCUT2D eigenvalue weighted by molar-refractivity contribution is -0.384. The maximum absolute atomic E-state index is 11.2. The number of aromatic carboxylic acids is 1. The number of fused-ring (bicyclic) bond motifs is 1. The lowest BCUT2D eigenvalue weighted by Crippen LogP contribution is -2.00. The van der Waals surface area contributed by atoms with E-state index in [4.69, 9.17) is 9.84 Å². The Labute approximate surface area is 194 Å². The summed E-state index contributed by atoms with van der Waals surface area (Å²) in [7, 11) is 0. The molecule has 0 heterocycles. The maximum atomic E-state index is 11.2. The number of benzene rings is 4. The van der Waals surface area contributed by atoms with Crippen LogP contribution in [0.3, 0.4) is 0 Å². The van der Waals surface area contributed by atoms with Gasteiger partial charge in [-0.05, 0) is 46.2 Å². The number of nitro benzene ring substituents is 1. The van der Waals surface area contributed by atoms with Gasteiger partial charge in [0.1, 0.15) is 12.4 Å². The molecule has 0 bridgehead atoms. The number of ether oxygens (including phenoxy) is 1. The van der Waals surface area contributed by atoms with Gasteiger partial charge in [0.2, 0.25) is 0 Å². The summed E-state index contributed by atoms with van der Waals surface area (Å²) in [5, 5.41) is 31.9. The average Bonchev–Trinajstić information content (AvgIpc) is 2.86. The molecule has 0 aliphatic rings. The molecule has 0 saturated carbocycles. The Bertz CT molecular complexity index is 1470. The van der Waals surface area contributed by atoms with Crippen molar-refractivity contribution in [2.24, 2.45) is 0 Å². The molecule has 1 N–H and O–H groups in total. The molecule has 4 aromatic carbocycles. The molecule has 0 radical (unpaired) electrons. The van der Waals surface area contributed by atoms with Gasteiger partial charge in [-0.1, -0.05) is 54.6 Å². The molecular formula is C27H18N2O5. The van der Waals surface area contributed by atoms with Crippen LogP contribution in [0.4, 0.5) is 5.69 Å². The topological polar surface area (TPSA) is 113 Å². The zero-order valence-corrected chi connectivity index (χ0v) is 17.8. The molecule has 4 aromatic rings. The van der Waals surface area contributed by atoms with E-state index in [2.05, 4.69) is 6.07 Å². The second-order valence-corrected chi connectivity index (χ2v) is 7.47. The number of nitrogens with zero attached hydrogens (tertiary/aromatic N) is 2. The Morgan fingerprint density at radius 3 is 2.47 bits per heavy atom. The second kappa shape index (κ2) is 9.67. The molecule has 0 saturated heterocycles. The van der Waals surface area contributed by atoms with Crippen molar-refractivity contribution in [2.45, 2.75) is 6.61 Å². The molecule has 0 amide bonds. The van der Waals surface area contributed by atoms with Crippen LogP contribution in [0, 0.1) is 21.4 Å². The highest BCUT2D eigenvalue weighted by atomic mass is 16.6. The summed E-state index contributed by atoms with van der Waals surface area (Å²) in [5.41, 5.74) is 2.23. The predicted octanol–water partition coefficient (Wildman–Crippen LogP) is 6.09. The van der Waals surface area contributed by atoms with Crippen LogP contribution >= 0.6 is 0 Å².